The lowest BCUT2D eigenvalue weighted by Gasteiger charge is -2.16. The summed E-state index contributed by atoms with van der Waals surface area (Å²) in [6.45, 7) is 0.515. The minimum absolute atomic E-state index is 0.515. The van der Waals surface area contributed by atoms with Crippen molar-refractivity contribution in [3.63, 3.8) is 0 Å². The molecular weight excluding hydrogens is 496 g/mol. The van der Waals surface area contributed by atoms with Crippen LogP contribution in [0.1, 0.15) is 17.4 Å². The Morgan fingerprint density at radius 3 is 2.31 bits per heavy atom. The number of aryl methyl sites for hydroxylation is 1. The molecule has 1 heterocycles. The molecule has 6 nitrogen and oxygen atoms in total. The van der Waals surface area contributed by atoms with E-state index in [0.29, 0.717) is 17.7 Å². The smallest absolute Gasteiger partial charge is 0.343 e. The Bertz CT molecular complexity index is 1070. The number of benzene rings is 1. The van der Waals surface area contributed by atoms with Gasteiger partial charge >= 0.3 is 6.18 Å². The van der Waals surface area contributed by atoms with Crippen molar-refractivity contribution in [3.8, 4) is 0 Å². The summed E-state index contributed by atoms with van der Waals surface area (Å²) in [6, 6.07) is -0.865. The van der Waals surface area contributed by atoms with Crippen LogP contribution in [0.25, 0.3) is 0 Å². The number of aromatic nitrogens is 1. The lowest BCUT2D eigenvalue weighted by atomic mass is 10.2. The van der Waals surface area contributed by atoms with Gasteiger partial charge in [-0.3, -0.25) is 4.79 Å². The van der Waals surface area contributed by atoms with Crippen molar-refractivity contribution in [3.05, 3.63) is 45.9 Å². The number of alkyl halides is 3. The second kappa shape index (κ2) is 7.99. The van der Waals surface area contributed by atoms with Crippen molar-refractivity contribution in [2.24, 2.45) is 7.05 Å². The molecule has 0 saturated carbocycles. The lowest BCUT2D eigenvalue weighted by molar-refractivity contribution is -0.147. The zero-order valence-corrected chi connectivity index (χ0v) is 16.9. The van der Waals surface area contributed by atoms with Crippen LogP contribution >= 0.6 is 15.9 Å². The monoisotopic (exact) mass is 507 g/mol. The molecule has 1 aromatic carbocycles. The minimum atomic E-state index is -4.98. The molecule has 0 aliphatic carbocycles. The van der Waals surface area contributed by atoms with Crippen molar-refractivity contribution >= 4 is 37.5 Å². The fraction of sp³-hybridized carbons (Fsp3) is 0.267. The Labute approximate surface area is 169 Å². The lowest BCUT2D eigenvalue weighted by Crippen LogP contribution is -2.43. The number of sulfonamides is 1. The molecule has 14 heteroatoms. The van der Waals surface area contributed by atoms with Crippen molar-refractivity contribution in [2.75, 3.05) is 5.32 Å². The van der Waals surface area contributed by atoms with E-state index in [1.165, 1.54) is 4.72 Å². The number of carbonyl (C=O) groups is 1. The van der Waals surface area contributed by atoms with E-state index in [1.54, 1.807) is 0 Å². The highest BCUT2D eigenvalue weighted by Gasteiger charge is 2.40. The van der Waals surface area contributed by atoms with Gasteiger partial charge in [0.2, 0.25) is 10.0 Å². The first-order chi connectivity index (χ1) is 13.2. The van der Waals surface area contributed by atoms with Crippen molar-refractivity contribution in [1.82, 2.24) is 9.29 Å². The number of carbonyl (C=O) groups excluding carboxylic acids is 1. The Balaban J connectivity index is 2.39. The van der Waals surface area contributed by atoms with Gasteiger partial charge in [0.05, 0.1) is 10.2 Å². The van der Waals surface area contributed by atoms with Crippen LogP contribution in [-0.2, 0) is 17.1 Å². The van der Waals surface area contributed by atoms with Gasteiger partial charge in [-0.1, -0.05) is 0 Å². The predicted molar refractivity (Wildman–Crippen MR) is 93.2 cm³/mol. The first-order valence-electron chi connectivity index (χ1n) is 7.55. The van der Waals surface area contributed by atoms with Gasteiger partial charge < -0.3 is 9.88 Å². The maximum absolute atomic E-state index is 14.6. The molecule has 160 valence electrons. The Hall–Kier alpha value is -2.06. The van der Waals surface area contributed by atoms with Gasteiger partial charge in [-0.25, -0.2) is 21.6 Å². The van der Waals surface area contributed by atoms with E-state index in [4.69, 9.17) is 0 Å². The maximum atomic E-state index is 14.6. The average Bonchev–Trinajstić information content (AvgIpc) is 2.89. The summed E-state index contributed by atoms with van der Waals surface area (Å²) in [5.41, 5.74) is -1.44. The number of hydrogen-bond donors (Lipinski definition) is 2. The quantitative estimate of drug-likeness (QED) is 0.478. The van der Waals surface area contributed by atoms with E-state index in [1.807, 2.05) is 5.32 Å². The Morgan fingerprint density at radius 2 is 1.76 bits per heavy atom. The SMILES string of the molecule is C[C@@H](NS(=O)(=O)c1cn(C)c(C(=O)Nc2ccc(F)c(Br)c2F)c1F)C(F)(F)F. The van der Waals surface area contributed by atoms with Gasteiger partial charge in [0.25, 0.3) is 5.91 Å². The molecule has 0 aliphatic rings. The molecule has 2 N–H and O–H groups in total. The van der Waals surface area contributed by atoms with E-state index in [9.17, 15) is 39.6 Å². The molecule has 29 heavy (non-hydrogen) atoms. The second-order valence-corrected chi connectivity index (χ2v) is 8.30. The summed E-state index contributed by atoms with van der Waals surface area (Å²) >= 11 is 2.61. The van der Waals surface area contributed by atoms with Crippen LogP contribution in [0.5, 0.6) is 0 Å². The highest BCUT2D eigenvalue weighted by Crippen LogP contribution is 2.28. The van der Waals surface area contributed by atoms with Crippen molar-refractivity contribution in [1.29, 1.82) is 0 Å². The van der Waals surface area contributed by atoms with E-state index in [-0.39, 0.29) is 0 Å². The highest BCUT2D eigenvalue weighted by atomic mass is 79.9. The number of anilines is 1. The molecule has 0 radical (unpaired) electrons. The first-order valence-corrected chi connectivity index (χ1v) is 9.83. The largest absolute Gasteiger partial charge is 0.404 e. The number of hydrogen-bond acceptors (Lipinski definition) is 3. The molecule has 2 aromatic rings. The van der Waals surface area contributed by atoms with Crippen LogP contribution in [0.3, 0.4) is 0 Å². The summed E-state index contributed by atoms with van der Waals surface area (Å²) < 4.78 is 105. The molecule has 2 rings (SSSR count). The predicted octanol–water partition coefficient (Wildman–Crippen LogP) is 3.69. The Kier molecular flexibility index (Phi) is 6.40. The van der Waals surface area contributed by atoms with Gasteiger partial charge in [0.1, 0.15) is 22.4 Å². The van der Waals surface area contributed by atoms with Gasteiger partial charge in [0, 0.05) is 13.2 Å². The molecule has 0 unspecified atom stereocenters. The number of amides is 1. The van der Waals surface area contributed by atoms with E-state index >= 15 is 0 Å². The van der Waals surface area contributed by atoms with Crippen LogP contribution in [0.4, 0.5) is 32.0 Å². The fourth-order valence-electron chi connectivity index (χ4n) is 2.18. The zero-order valence-electron chi connectivity index (χ0n) is 14.5. The summed E-state index contributed by atoms with van der Waals surface area (Å²) in [5.74, 6) is -5.13. The summed E-state index contributed by atoms with van der Waals surface area (Å²) in [6.07, 6.45) is -4.33. The molecule has 0 bridgehead atoms. The number of halogens is 7. The molecule has 0 saturated heterocycles. The van der Waals surface area contributed by atoms with E-state index < -0.39 is 66.3 Å². The van der Waals surface area contributed by atoms with Crippen LogP contribution < -0.4 is 10.0 Å². The fourth-order valence-corrected chi connectivity index (χ4v) is 3.88. The number of nitrogens with zero attached hydrogens (tertiary/aromatic N) is 1. The maximum Gasteiger partial charge on any atom is 0.404 e. The van der Waals surface area contributed by atoms with Crippen LogP contribution in [0.2, 0.25) is 0 Å². The minimum Gasteiger partial charge on any atom is -0.343 e. The van der Waals surface area contributed by atoms with Gasteiger partial charge in [-0.05, 0) is 35.0 Å². The third-order valence-electron chi connectivity index (χ3n) is 3.70. The standard InChI is InChI=1S/C15H12BrF6N3O3S/c1-6(15(20,21)22)24-29(27,28)9-5-25(2)13(12(9)19)14(26)23-8-4-3-7(17)10(16)11(8)18/h3-6,24H,1-2H3,(H,23,26)/t6-/m1/s1. The molecule has 0 spiro atoms. The third kappa shape index (κ3) is 4.75. The number of rotatable bonds is 5. The van der Waals surface area contributed by atoms with Crippen LogP contribution in [0, 0.1) is 17.5 Å². The first kappa shape index (κ1) is 23.2. The molecule has 0 fully saturated rings. The summed E-state index contributed by atoms with van der Waals surface area (Å²) in [4.78, 5) is 11.1. The van der Waals surface area contributed by atoms with Crippen LogP contribution in [-0.4, -0.2) is 31.1 Å². The van der Waals surface area contributed by atoms with Crippen molar-refractivity contribution < 1.29 is 39.6 Å². The van der Waals surface area contributed by atoms with Crippen molar-refractivity contribution in [2.45, 2.75) is 24.0 Å². The molecule has 1 aromatic heterocycles. The Morgan fingerprint density at radius 1 is 1.17 bits per heavy atom. The van der Waals surface area contributed by atoms with Crippen LogP contribution in [0.15, 0.2) is 27.7 Å². The van der Waals surface area contributed by atoms with Gasteiger partial charge in [0.15, 0.2) is 11.6 Å². The molecule has 0 aliphatic heterocycles. The van der Waals surface area contributed by atoms with Gasteiger partial charge in [-0.15, -0.1) is 0 Å². The third-order valence-corrected chi connectivity index (χ3v) is 5.95. The second-order valence-electron chi connectivity index (χ2n) is 5.83. The molecule has 1 atom stereocenters. The number of nitrogens with one attached hydrogen (secondary N) is 2. The summed E-state index contributed by atoms with van der Waals surface area (Å²) in [7, 11) is -3.92. The molecule has 1 amide bonds. The average molecular weight is 508 g/mol. The topological polar surface area (TPSA) is 80.2 Å². The highest BCUT2D eigenvalue weighted by molar-refractivity contribution is 9.10. The summed E-state index contributed by atoms with van der Waals surface area (Å²) in [5, 5.41) is 1.94. The van der Waals surface area contributed by atoms with E-state index in [2.05, 4.69) is 15.9 Å². The molecular formula is C15H12BrF6N3O3S. The zero-order chi connectivity index (χ0) is 22.3. The van der Waals surface area contributed by atoms with E-state index in [0.717, 1.165) is 19.2 Å². The van der Waals surface area contributed by atoms with Gasteiger partial charge in [-0.2, -0.15) is 17.9 Å². The normalized spacial score (nSPS) is 13.4.